The quantitative estimate of drug-likeness (QED) is 0.212. The molecule has 0 bridgehead atoms. The Morgan fingerprint density at radius 1 is 0.794 bits per heavy atom. The number of carbonyl (C=O) groups is 1. The van der Waals surface area contributed by atoms with Gasteiger partial charge in [0.2, 0.25) is 0 Å². The van der Waals surface area contributed by atoms with Gasteiger partial charge in [-0.1, -0.05) is 114 Å². The number of nitrogens with one attached hydrogen (secondary N) is 2. The molecule has 0 aliphatic heterocycles. The highest BCUT2D eigenvalue weighted by molar-refractivity contribution is 7.20. The van der Waals surface area contributed by atoms with Gasteiger partial charge < -0.3 is 4.74 Å². The van der Waals surface area contributed by atoms with E-state index in [0.717, 1.165) is 21.4 Å². The molecule has 0 unspecified atom stereocenters. The lowest BCUT2D eigenvalue weighted by molar-refractivity contribution is 0.190. The minimum Gasteiger partial charge on any atom is -0.380 e. The van der Waals surface area contributed by atoms with Crippen LogP contribution in [-0.4, -0.2) is 11.1 Å². The molecular weight excluding hydrogens is 466 g/mol. The van der Waals surface area contributed by atoms with E-state index in [-0.39, 0.29) is 5.19 Å². The topological polar surface area (TPSA) is 63.2 Å². The fourth-order valence-corrected chi connectivity index (χ4v) is 4.91. The summed E-state index contributed by atoms with van der Waals surface area (Å²) in [5, 5.41) is 0.815. The van der Waals surface area contributed by atoms with Gasteiger partial charge in [0.25, 0.3) is 5.19 Å². The van der Waals surface area contributed by atoms with Crippen molar-refractivity contribution in [3.8, 4) is 5.19 Å². The van der Waals surface area contributed by atoms with Crippen molar-refractivity contribution >= 4 is 39.2 Å². The number of ether oxygens (including phenoxy) is 1. The van der Waals surface area contributed by atoms with E-state index in [1.165, 1.54) is 11.3 Å². The fourth-order valence-electron chi connectivity index (χ4n) is 3.95. The van der Waals surface area contributed by atoms with E-state index in [4.69, 9.17) is 16.3 Å². The zero-order valence-corrected chi connectivity index (χ0v) is 19.5. The number of halogens is 1. The summed E-state index contributed by atoms with van der Waals surface area (Å²) >= 11 is 7.32. The van der Waals surface area contributed by atoms with Gasteiger partial charge in [0, 0.05) is 5.02 Å². The molecule has 0 atom stereocenters. The van der Waals surface area contributed by atoms with Crippen molar-refractivity contribution in [2.45, 2.75) is 5.54 Å². The van der Waals surface area contributed by atoms with Crippen LogP contribution in [0.25, 0.3) is 10.2 Å². The normalized spacial score (nSPS) is 11.3. The molecule has 0 radical (unpaired) electrons. The van der Waals surface area contributed by atoms with Crippen molar-refractivity contribution in [3.63, 3.8) is 0 Å². The minimum absolute atomic E-state index is 0.237. The third-order valence-electron chi connectivity index (χ3n) is 5.48. The summed E-state index contributed by atoms with van der Waals surface area (Å²) in [7, 11) is 0. The first kappa shape index (κ1) is 22.1. The predicted octanol–water partition coefficient (Wildman–Crippen LogP) is 6.53. The van der Waals surface area contributed by atoms with Gasteiger partial charge in [0.15, 0.2) is 0 Å². The van der Waals surface area contributed by atoms with Gasteiger partial charge >= 0.3 is 6.09 Å². The lowest BCUT2D eigenvalue weighted by Gasteiger charge is -2.36. The Morgan fingerprint density at radius 3 is 1.85 bits per heavy atom. The minimum atomic E-state index is -0.857. The second-order valence-corrected chi connectivity index (χ2v) is 9.01. The van der Waals surface area contributed by atoms with Crippen molar-refractivity contribution in [3.05, 3.63) is 131 Å². The molecular formula is C27H20ClN3O2S. The molecule has 5 nitrogen and oxygen atoms in total. The van der Waals surface area contributed by atoms with Gasteiger partial charge in [-0.25, -0.2) is 15.2 Å². The molecule has 168 valence electrons. The third kappa shape index (κ3) is 4.39. The number of hydrazine groups is 1. The van der Waals surface area contributed by atoms with Crippen LogP contribution in [0.5, 0.6) is 5.19 Å². The van der Waals surface area contributed by atoms with Crippen molar-refractivity contribution in [1.29, 1.82) is 0 Å². The highest BCUT2D eigenvalue weighted by Crippen LogP contribution is 2.36. The fraction of sp³-hybridized carbons (Fsp3) is 0.0370. The third-order valence-corrected chi connectivity index (χ3v) is 6.63. The summed E-state index contributed by atoms with van der Waals surface area (Å²) in [5.41, 5.74) is 8.73. The van der Waals surface area contributed by atoms with Crippen LogP contribution in [-0.2, 0) is 5.54 Å². The molecule has 7 heteroatoms. The van der Waals surface area contributed by atoms with Crippen LogP contribution in [0.1, 0.15) is 16.7 Å². The van der Waals surface area contributed by atoms with E-state index in [2.05, 4.69) is 15.8 Å². The molecule has 0 aliphatic rings. The standard InChI is InChI=1S/C27H20ClN3O2S/c28-22-16-17-24-23(18-22)29-26(34-24)33-25(32)30-31-27(19-10-4-1-5-11-19,20-12-6-2-7-13-20)21-14-8-3-9-15-21/h1-18,31H,(H,30,32). The average Bonchev–Trinajstić information content (AvgIpc) is 3.27. The Hall–Kier alpha value is -3.71. The molecule has 2 N–H and O–H groups in total. The average molecular weight is 486 g/mol. The molecule has 1 aromatic heterocycles. The molecule has 1 heterocycles. The molecule has 0 saturated heterocycles. The summed E-state index contributed by atoms with van der Waals surface area (Å²) in [6, 6.07) is 35.3. The smallest absolute Gasteiger partial charge is 0.380 e. The number of amides is 1. The summed E-state index contributed by atoms with van der Waals surface area (Å²) in [4.78, 5) is 17.2. The number of fused-ring (bicyclic) bond motifs is 1. The molecule has 0 aliphatic carbocycles. The van der Waals surface area contributed by atoms with Crippen molar-refractivity contribution < 1.29 is 9.53 Å². The Morgan fingerprint density at radius 2 is 1.32 bits per heavy atom. The van der Waals surface area contributed by atoms with Gasteiger partial charge in [-0.05, 0) is 34.9 Å². The van der Waals surface area contributed by atoms with E-state index < -0.39 is 11.6 Å². The van der Waals surface area contributed by atoms with Gasteiger partial charge in [0.1, 0.15) is 5.54 Å². The second-order valence-electron chi connectivity index (χ2n) is 7.58. The monoisotopic (exact) mass is 485 g/mol. The first-order valence-electron chi connectivity index (χ1n) is 10.6. The second kappa shape index (κ2) is 9.65. The number of hydrogen-bond donors (Lipinski definition) is 2. The number of thiazole rings is 1. The maximum Gasteiger partial charge on any atom is 0.429 e. The number of benzene rings is 4. The highest BCUT2D eigenvalue weighted by atomic mass is 35.5. The summed E-state index contributed by atoms with van der Waals surface area (Å²) < 4.78 is 6.38. The Kier molecular flexibility index (Phi) is 6.27. The molecule has 34 heavy (non-hydrogen) atoms. The Balaban J connectivity index is 1.48. The number of carbonyl (C=O) groups excluding carboxylic acids is 1. The van der Waals surface area contributed by atoms with Crippen LogP contribution < -0.4 is 15.6 Å². The van der Waals surface area contributed by atoms with Crippen LogP contribution in [0.2, 0.25) is 5.02 Å². The van der Waals surface area contributed by atoms with E-state index in [9.17, 15) is 4.79 Å². The molecule has 4 aromatic carbocycles. The largest absolute Gasteiger partial charge is 0.429 e. The van der Waals surface area contributed by atoms with Gasteiger partial charge in [0.05, 0.1) is 10.2 Å². The zero-order valence-electron chi connectivity index (χ0n) is 17.9. The van der Waals surface area contributed by atoms with E-state index in [0.29, 0.717) is 10.5 Å². The Labute approximate surface area is 206 Å². The lowest BCUT2D eigenvalue weighted by atomic mass is 9.77. The molecule has 1 amide bonds. The number of aromatic nitrogens is 1. The first-order valence-corrected chi connectivity index (χ1v) is 11.8. The van der Waals surface area contributed by atoms with Gasteiger partial charge in [-0.2, -0.15) is 0 Å². The summed E-state index contributed by atoms with van der Waals surface area (Å²) in [5.74, 6) is 0. The van der Waals surface area contributed by atoms with Gasteiger partial charge in [-0.3, -0.25) is 5.43 Å². The number of hydrogen-bond acceptors (Lipinski definition) is 5. The molecule has 0 saturated carbocycles. The highest BCUT2D eigenvalue weighted by Gasteiger charge is 2.36. The van der Waals surface area contributed by atoms with Crippen molar-refractivity contribution in [1.82, 2.24) is 15.8 Å². The predicted molar refractivity (Wildman–Crippen MR) is 136 cm³/mol. The van der Waals surface area contributed by atoms with Crippen LogP contribution in [0, 0.1) is 0 Å². The molecule has 5 aromatic rings. The van der Waals surface area contributed by atoms with Crippen LogP contribution in [0.4, 0.5) is 4.79 Å². The van der Waals surface area contributed by atoms with E-state index >= 15 is 0 Å². The maximum absolute atomic E-state index is 12.8. The van der Waals surface area contributed by atoms with Crippen molar-refractivity contribution in [2.75, 3.05) is 0 Å². The number of rotatable bonds is 6. The molecule has 5 rings (SSSR count). The van der Waals surface area contributed by atoms with Crippen LogP contribution >= 0.6 is 22.9 Å². The Bertz CT molecular complexity index is 1310. The van der Waals surface area contributed by atoms with Crippen LogP contribution in [0.3, 0.4) is 0 Å². The first-order chi connectivity index (χ1) is 16.6. The van der Waals surface area contributed by atoms with E-state index in [1.54, 1.807) is 12.1 Å². The zero-order chi connectivity index (χ0) is 23.4. The maximum atomic E-state index is 12.8. The van der Waals surface area contributed by atoms with Crippen LogP contribution in [0.15, 0.2) is 109 Å². The van der Waals surface area contributed by atoms with Crippen molar-refractivity contribution in [2.24, 2.45) is 0 Å². The number of nitrogens with zero attached hydrogens (tertiary/aromatic N) is 1. The van der Waals surface area contributed by atoms with E-state index in [1.807, 2.05) is 97.1 Å². The summed E-state index contributed by atoms with van der Waals surface area (Å²) in [6.45, 7) is 0. The molecule has 0 spiro atoms. The lowest BCUT2D eigenvalue weighted by Crippen LogP contribution is -2.54. The molecule has 0 fully saturated rings. The SMILES string of the molecule is O=C(NNC(c1ccccc1)(c1ccccc1)c1ccccc1)Oc1nc2cc(Cl)ccc2s1. The van der Waals surface area contributed by atoms with Gasteiger partial charge in [-0.15, -0.1) is 0 Å². The summed E-state index contributed by atoms with van der Waals surface area (Å²) in [6.07, 6.45) is -0.669.